The van der Waals surface area contributed by atoms with Crippen molar-refractivity contribution < 1.29 is 13.9 Å². The third-order valence-corrected chi connectivity index (χ3v) is 2.83. The fraction of sp³-hybridized carbons (Fsp3) is 0.385. The maximum Gasteiger partial charge on any atom is 0.411 e. The number of carbonyl (C=O) groups excluding carboxylic acids is 1. The molecule has 1 aromatic rings. The predicted octanol–water partition coefficient (Wildman–Crippen LogP) is 2.09. The van der Waals surface area contributed by atoms with E-state index in [4.69, 9.17) is 4.74 Å². The summed E-state index contributed by atoms with van der Waals surface area (Å²) in [7, 11) is 1.86. The van der Waals surface area contributed by atoms with Crippen molar-refractivity contribution in [3.63, 3.8) is 0 Å². The number of carbonyl (C=O) groups is 1. The lowest BCUT2D eigenvalue weighted by atomic mass is 10.2. The second kappa shape index (κ2) is 6.23. The first-order valence-electron chi connectivity index (χ1n) is 6.35. The Kier molecular flexibility index (Phi) is 4.39. The number of nitrogens with one attached hydrogen (secondary N) is 1. The van der Waals surface area contributed by atoms with Gasteiger partial charge in [0, 0.05) is 19.3 Å². The number of rotatable bonds is 3. The van der Waals surface area contributed by atoms with Crippen molar-refractivity contribution in [1.29, 1.82) is 0 Å². The molecule has 2 rings (SSSR count). The standard InChI is InChI=1S/C13H17FN4O2/c1-3-20-13(19)16-10-4-5-12(11(14)8-10)18-7-6-17(2)15-9-18/h4-5,8-9H,3,6-7H2,1-2H3,(H,16,19). The minimum absolute atomic E-state index is 0.268. The van der Waals surface area contributed by atoms with E-state index in [9.17, 15) is 9.18 Å². The van der Waals surface area contributed by atoms with Crippen molar-refractivity contribution in [2.24, 2.45) is 5.10 Å². The van der Waals surface area contributed by atoms with Gasteiger partial charge in [-0.3, -0.25) is 10.3 Å². The van der Waals surface area contributed by atoms with E-state index in [2.05, 4.69) is 10.4 Å². The third-order valence-electron chi connectivity index (χ3n) is 2.83. The maximum atomic E-state index is 14.1. The Morgan fingerprint density at radius 3 is 2.90 bits per heavy atom. The minimum Gasteiger partial charge on any atom is -0.450 e. The summed E-state index contributed by atoms with van der Waals surface area (Å²) >= 11 is 0. The Morgan fingerprint density at radius 2 is 2.30 bits per heavy atom. The Labute approximate surface area is 116 Å². The molecule has 1 aliphatic rings. The topological polar surface area (TPSA) is 57.2 Å². The largest absolute Gasteiger partial charge is 0.450 e. The van der Waals surface area contributed by atoms with Gasteiger partial charge in [-0.1, -0.05) is 0 Å². The van der Waals surface area contributed by atoms with Crippen molar-refractivity contribution in [2.75, 3.05) is 37.0 Å². The van der Waals surface area contributed by atoms with Crippen LogP contribution in [0.2, 0.25) is 0 Å². The molecule has 7 heteroatoms. The molecule has 108 valence electrons. The lowest BCUT2D eigenvalue weighted by Gasteiger charge is -2.27. The minimum atomic E-state index is -0.596. The first-order valence-corrected chi connectivity index (χ1v) is 6.35. The van der Waals surface area contributed by atoms with E-state index < -0.39 is 11.9 Å². The third kappa shape index (κ3) is 3.37. The van der Waals surface area contributed by atoms with Crippen LogP contribution >= 0.6 is 0 Å². The highest BCUT2D eigenvalue weighted by Gasteiger charge is 2.15. The lowest BCUT2D eigenvalue weighted by Crippen LogP contribution is -2.36. The Hall–Kier alpha value is -2.31. The zero-order valence-electron chi connectivity index (χ0n) is 11.5. The van der Waals surface area contributed by atoms with Crippen LogP contribution in [0.15, 0.2) is 23.3 Å². The number of hydrogen-bond acceptors (Lipinski definition) is 5. The number of anilines is 2. The molecule has 20 heavy (non-hydrogen) atoms. The van der Waals surface area contributed by atoms with Crippen molar-refractivity contribution >= 4 is 23.8 Å². The first-order chi connectivity index (χ1) is 9.60. The molecule has 0 saturated carbocycles. The summed E-state index contributed by atoms with van der Waals surface area (Å²) in [6, 6.07) is 4.49. The molecule has 0 aliphatic carbocycles. The summed E-state index contributed by atoms with van der Waals surface area (Å²) in [6.07, 6.45) is 0.987. The molecule has 1 amide bonds. The molecule has 1 N–H and O–H groups in total. The predicted molar refractivity (Wildman–Crippen MR) is 75.5 cm³/mol. The van der Waals surface area contributed by atoms with Crippen LogP contribution in [0.3, 0.4) is 0 Å². The van der Waals surface area contributed by atoms with Gasteiger partial charge in [0.15, 0.2) is 0 Å². The number of hydrogen-bond donors (Lipinski definition) is 1. The highest BCUT2D eigenvalue weighted by molar-refractivity contribution is 5.86. The highest BCUT2D eigenvalue weighted by Crippen LogP contribution is 2.23. The van der Waals surface area contributed by atoms with Crippen molar-refractivity contribution in [3.05, 3.63) is 24.0 Å². The van der Waals surface area contributed by atoms with E-state index in [1.165, 1.54) is 6.07 Å². The van der Waals surface area contributed by atoms with Crippen LogP contribution in [-0.2, 0) is 4.74 Å². The molecule has 0 bridgehead atoms. The van der Waals surface area contributed by atoms with Gasteiger partial charge in [0.2, 0.25) is 0 Å². The molecule has 0 radical (unpaired) electrons. The number of nitrogens with zero attached hydrogens (tertiary/aromatic N) is 3. The van der Waals surface area contributed by atoms with Gasteiger partial charge in [-0.15, -0.1) is 0 Å². The Morgan fingerprint density at radius 1 is 1.50 bits per heavy atom. The van der Waals surface area contributed by atoms with Gasteiger partial charge in [-0.2, -0.15) is 5.10 Å². The summed E-state index contributed by atoms with van der Waals surface area (Å²) in [6.45, 7) is 3.35. The van der Waals surface area contributed by atoms with Crippen LogP contribution in [0.4, 0.5) is 20.6 Å². The second-order valence-corrected chi connectivity index (χ2v) is 4.32. The monoisotopic (exact) mass is 280 g/mol. The first kappa shape index (κ1) is 14.1. The van der Waals surface area contributed by atoms with E-state index in [1.54, 1.807) is 35.3 Å². The smallest absolute Gasteiger partial charge is 0.411 e. The van der Waals surface area contributed by atoms with Gasteiger partial charge in [-0.05, 0) is 25.1 Å². The molecular formula is C13H17FN4O2. The van der Waals surface area contributed by atoms with Gasteiger partial charge >= 0.3 is 6.09 Å². The van der Waals surface area contributed by atoms with Crippen LogP contribution in [-0.4, -0.2) is 44.2 Å². The van der Waals surface area contributed by atoms with Crippen LogP contribution in [0.5, 0.6) is 0 Å². The van der Waals surface area contributed by atoms with Gasteiger partial charge in [-0.25, -0.2) is 9.18 Å². The van der Waals surface area contributed by atoms with Crippen molar-refractivity contribution in [3.8, 4) is 0 Å². The number of benzene rings is 1. The van der Waals surface area contributed by atoms with E-state index >= 15 is 0 Å². The molecule has 1 aliphatic heterocycles. The number of likely N-dealkylation sites (N-methyl/N-ethyl adjacent to an activating group) is 1. The molecular weight excluding hydrogens is 263 g/mol. The lowest BCUT2D eigenvalue weighted by molar-refractivity contribution is 0.168. The second-order valence-electron chi connectivity index (χ2n) is 4.32. The van der Waals surface area contributed by atoms with Crippen molar-refractivity contribution in [2.45, 2.75) is 6.92 Å². The molecule has 0 atom stereocenters. The summed E-state index contributed by atoms with van der Waals surface area (Å²) in [5, 5.41) is 8.34. The summed E-state index contributed by atoms with van der Waals surface area (Å²) in [5.41, 5.74) is 0.784. The summed E-state index contributed by atoms with van der Waals surface area (Å²) < 4.78 is 18.8. The van der Waals surface area contributed by atoms with Crippen LogP contribution in [0.1, 0.15) is 6.92 Å². The number of hydrazone groups is 1. The molecule has 0 spiro atoms. The Balaban J connectivity index is 2.10. The van der Waals surface area contributed by atoms with Gasteiger partial charge < -0.3 is 9.64 Å². The zero-order chi connectivity index (χ0) is 14.5. The van der Waals surface area contributed by atoms with E-state index in [0.717, 1.165) is 6.54 Å². The summed E-state index contributed by atoms with van der Waals surface area (Å²) in [5.74, 6) is -0.421. The fourth-order valence-electron chi connectivity index (χ4n) is 1.80. The molecule has 0 saturated heterocycles. The Bertz CT molecular complexity index is 521. The average Bonchev–Trinajstić information content (AvgIpc) is 2.40. The molecule has 0 unspecified atom stereocenters. The summed E-state index contributed by atoms with van der Waals surface area (Å²) in [4.78, 5) is 13.0. The van der Waals surface area contributed by atoms with E-state index in [1.807, 2.05) is 7.05 Å². The number of halogens is 1. The number of amides is 1. The van der Waals surface area contributed by atoms with Gasteiger partial charge in [0.05, 0.1) is 18.8 Å². The normalized spacial score (nSPS) is 14.3. The number of ether oxygens (including phenoxy) is 1. The van der Waals surface area contributed by atoms with Crippen LogP contribution < -0.4 is 10.2 Å². The van der Waals surface area contributed by atoms with E-state index in [0.29, 0.717) is 17.9 Å². The molecule has 1 heterocycles. The van der Waals surface area contributed by atoms with Crippen LogP contribution in [0, 0.1) is 5.82 Å². The SMILES string of the molecule is CCOC(=O)Nc1ccc(N2C=NN(C)CC2)c(F)c1. The fourth-order valence-corrected chi connectivity index (χ4v) is 1.80. The molecule has 0 fully saturated rings. The molecule has 1 aromatic carbocycles. The molecule has 0 aromatic heterocycles. The molecule has 6 nitrogen and oxygen atoms in total. The highest BCUT2D eigenvalue weighted by atomic mass is 19.1. The zero-order valence-corrected chi connectivity index (χ0v) is 11.5. The van der Waals surface area contributed by atoms with Gasteiger partial charge in [0.25, 0.3) is 0 Å². The average molecular weight is 280 g/mol. The quantitative estimate of drug-likeness (QED) is 0.921. The van der Waals surface area contributed by atoms with Crippen LogP contribution in [0.25, 0.3) is 0 Å². The maximum absolute atomic E-state index is 14.1. The van der Waals surface area contributed by atoms with E-state index in [-0.39, 0.29) is 6.61 Å². The van der Waals surface area contributed by atoms with Crippen molar-refractivity contribution in [1.82, 2.24) is 5.01 Å². The van der Waals surface area contributed by atoms with Gasteiger partial charge in [0.1, 0.15) is 12.2 Å².